The SMILES string of the molecule is O=C1CCCc2c1cnn2C1CCCCO1. The van der Waals surface area contributed by atoms with E-state index in [0.29, 0.717) is 6.42 Å². The van der Waals surface area contributed by atoms with Gasteiger partial charge in [-0.25, -0.2) is 4.68 Å². The van der Waals surface area contributed by atoms with Gasteiger partial charge in [-0.2, -0.15) is 5.10 Å². The monoisotopic (exact) mass is 220 g/mol. The lowest BCUT2D eigenvalue weighted by molar-refractivity contribution is -0.0412. The maximum absolute atomic E-state index is 11.7. The van der Waals surface area contributed by atoms with Crippen molar-refractivity contribution in [2.24, 2.45) is 0 Å². The molecule has 2 aliphatic rings. The van der Waals surface area contributed by atoms with Crippen LogP contribution in [-0.4, -0.2) is 22.2 Å². The summed E-state index contributed by atoms with van der Waals surface area (Å²) in [6.45, 7) is 0.813. The second-order valence-corrected chi connectivity index (χ2v) is 4.55. The van der Waals surface area contributed by atoms with Crippen molar-refractivity contribution >= 4 is 5.78 Å². The summed E-state index contributed by atoms with van der Waals surface area (Å²) in [5.74, 6) is 0.239. The van der Waals surface area contributed by atoms with Crippen LogP contribution in [0, 0.1) is 0 Å². The van der Waals surface area contributed by atoms with E-state index in [2.05, 4.69) is 5.10 Å². The van der Waals surface area contributed by atoms with Crippen molar-refractivity contribution in [3.05, 3.63) is 17.5 Å². The van der Waals surface area contributed by atoms with Crippen LogP contribution in [0.1, 0.15) is 54.4 Å². The Kier molecular flexibility index (Phi) is 2.52. The molecule has 1 aromatic heterocycles. The van der Waals surface area contributed by atoms with E-state index in [0.717, 1.165) is 43.5 Å². The normalized spacial score (nSPS) is 25.5. The third-order valence-electron chi connectivity index (χ3n) is 3.44. The molecule has 86 valence electrons. The van der Waals surface area contributed by atoms with E-state index in [1.807, 2.05) is 4.68 Å². The van der Waals surface area contributed by atoms with Crippen molar-refractivity contribution in [2.75, 3.05) is 6.61 Å². The molecule has 0 radical (unpaired) electrons. The van der Waals surface area contributed by atoms with Crippen LogP contribution >= 0.6 is 0 Å². The van der Waals surface area contributed by atoms with Gasteiger partial charge >= 0.3 is 0 Å². The van der Waals surface area contributed by atoms with E-state index in [1.165, 1.54) is 6.42 Å². The van der Waals surface area contributed by atoms with Gasteiger partial charge in [0.2, 0.25) is 0 Å². The number of hydrogen-bond acceptors (Lipinski definition) is 3. The molecule has 1 atom stereocenters. The van der Waals surface area contributed by atoms with Crippen molar-refractivity contribution in [3.8, 4) is 0 Å². The summed E-state index contributed by atoms with van der Waals surface area (Å²) in [6.07, 6.45) is 7.70. The highest BCUT2D eigenvalue weighted by molar-refractivity contribution is 5.97. The summed E-state index contributed by atoms with van der Waals surface area (Å²) in [7, 11) is 0. The highest BCUT2D eigenvalue weighted by Crippen LogP contribution is 2.28. The standard InChI is InChI=1S/C12H16N2O2/c15-11-5-3-4-10-9(11)8-13-14(10)12-6-1-2-7-16-12/h8,12H,1-7H2. The quantitative estimate of drug-likeness (QED) is 0.728. The number of ketones is 1. The second kappa shape index (κ2) is 4.01. The van der Waals surface area contributed by atoms with Crippen LogP contribution in [0.4, 0.5) is 0 Å². The second-order valence-electron chi connectivity index (χ2n) is 4.55. The van der Waals surface area contributed by atoms with Gasteiger partial charge in [0.1, 0.15) is 6.23 Å². The van der Waals surface area contributed by atoms with E-state index < -0.39 is 0 Å². The minimum Gasteiger partial charge on any atom is -0.357 e. The minimum atomic E-state index is 0.0587. The number of Topliss-reactive ketones (excluding diaryl/α,β-unsaturated/α-hetero) is 1. The molecule has 0 amide bonds. The fourth-order valence-corrected chi connectivity index (χ4v) is 2.59. The average molecular weight is 220 g/mol. The van der Waals surface area contributed by atoms with E-state index in [4.69, 9.17) is 4.74 Å². The molecule has 2 heterocycles. The Morgan fingerprint density at radius 1 is 1.31 bits per heavy atom. The first-order valence-corrected chi connectivity index (χ1v) is 6.07. The third-order valence-corrected chi connectivity index (χ3v) is 3.44. The Labute approximate surface area is 94.6 Å². The van der Waals surface area contributed by atoms with Crippen LogP contribution in [-0.2, 0) is 11.2 Å². The summed E-state index contributed by atoms with van der Waals surface area (Å²) in [5, 5.41) is 4.34. The van der Waals surface area contributed by atoms with Crippen molar-refractivity contribution in [1.82, 2.24) is 9.78 Å². The highest BCUT2D eigenvalue weighted by Gasteiger charge is 2.26. The number of fused-ring (bicyclic) bond motifs is 1. The van der Waals surface area contributed by atoms with Gasteiger partial charge in [0, 0.05) is 13.0 Å². The number of rotatable bonds is 1. The molecule has 16 heavy (non-hydrogen) atoms. The molecule has 1 aromatic rings. The third kappa shape index (κ3) is 1.57. The van der Waals surface area contributed by atoms with Gasteiger partial charge in [-0.05, 0) is 32.1 Å². The Hall–Kier alpha value is -1.16. The summed E-state index contributed by atoms with van der Waals surface area (Å²) < 4.78 is 7.65. The number of carbonyl (C=O) groups is 1. The lowest BCUT2D eigenvalue weighted by Crippen LogP contribution is -2.22. The molecule has 0 N–H and O–H groups in total. The first-order chi connectivity index (χ1) is 7.86. The van der Waals surface area contributed by atoms with Crippen molar-refractivity contribution in [2.45, 2.75) is 44.8 Å². The number of nitrogens with zero attached hydrogens (tertiary/aromatic N) is 2. The number of hydrogen-bond donors (Lipinski definition) is 0. The molecule has 1 fully saturated rings. The van der Waals surface area contributed by atoms with Gasteiger partial charge in [-0.1, -0.05) is 0 Å². The topological polar surface area (TPSA) is 44.1 Å². The van der Waals surface area contributed by atoms with Gasteiger partial charge < -0.3 is 4.74 Å². The summed E-state index contributed by atoms with van der Waals surface area (Å²) >= 11 is 0. The molecule has 4 nitrogen and oxygen atoms in total. The highest BCUT2D eigenvalue weighted by atomic mass is 16.5. The van der Waals surface area contributed by atoms with Crippen LogP contribution in [0.25, 0.3) is 0 Å². The zero-order chi connectivity index (χ0) is 11.0. The van der Waals surface area contributed by atoms with Gasteiger partial charge in [-0.3, -0.25) is 4.79 Å². The van der Waals surface area contributed by atoms with E-state index in [9.17, 15) is 4.79 Å². The number of ether oxygens (including phenoxy) is 1. The summed E-state index contributed by atoms with van der Waals surface area (Å²) in [5.41, 5.74) is 1.91. The molecule has 1 unspecified atom stereocenters. The number of carbonyl (C=O) groups excluding carboxylic acids is 1. The van der Waals surface area contributed by atoms with Gasteiger partial charge in [0.15, 0.2) is 5.78 Å². The van der Waals surface area contributed by atoms with Crippen LogP contribution in [0.5, 0.6) is 0 Å². The summed E-state index contributed by atoms with van der Waals surface area (Å²) in [4.78, 5) is 11.7. The molecule has 1 saturated heterocycles. The molecule has 0 bridgehead atoms. The lowest BCUT2D eigenvalue weighted by Gasteiger charge is -2.25. The van der Waals surface area contributed by atoms with Crippen LogP contribution in [0.2, 0.25) is 0 Å². The molecule has 0 spiro atoms. The smallest absolute Gasteiger partial charge is 0.166 e. The molecule has 0 aromatic carbocycles. The Morgan fingerprint density at radius 3 is 3.06 bits per heavy atom. The average Bonchev–Trinajstić information content (AvgIpc) is 2.75. The fourth-order valence-electron chi connectivity index (χ4n) is 2.59. The fraction of sp³-hybridized carbons (Fsp3) is 0.667. The number of aromatic nitrogens is 2. The molecular weight excluding hydrogens is 204 g/mol. The van der Waals surface area contributed by atoms with Crippen molar-refractivity contribution in [1.29, 1.82) is 0 Å². The van der Waals surface area contributed by atoms with E-state index in [-0.39, 0.29) is 12.0 Å². The van der Waals surface area contributed by atoms with Crippen LogP contribution in [0.3, 0.4) is 0 Å². The van der Waals surface area contributed by atoms with Gasteiger partial charge in [0.05, 0.1) is 17.5 Å². The van der Waals surface area contributed by atoms with E-state index >= 15 is 0 Å². The zero-order valence-electron chi connectivity index (χ0n) is 9.32. The van der Waals surface area contributed by atoms with Crippen molar-refractivity contribution in [3.63, 3.8) is 0 Å². The maximum Gasteiger partial charge on any atom is 0.166 e. The van der Waals surface area contributed by atoms with Gasteiger partial charge in [0.25, 0.3) is 0 Å². The largest absolute Gasteiger partial charge is 0.357 e. The predicted octanol–water partition coefficient (Wildman–Crippen LogP) is 2.10. The van der Waals surface area contributed by atoms with Crippen LogP contribution < -0.4 is 0 Å². The maximum atomic E-state index is 11.7. The Balaban J connectivity index is 1.92. The van der Waals surface area contributed by atoms with Crippen LogP contribution in [0.15, 0.2) is 6.20 Å². The summed E-state index contributed by atoms with van der Waals surface area (Å²) in [6, 6.07) is 0. The van der Waals surface area contributed by atoms with Crippen molar-refractivity contribution < 1.29 is 9.53 Å². The molecule has 0 saturated carbocycles. The lowest BCUT2D eigenvalue weighted by atomic mass is 9.97. The molecular formula is C12H16N2O2. The molecule has 1 aliphatic carbocycles. The first kappa shape index (κ1) is 10.0. The minimum absolute atomic E-state index is 0.0587. The van der Waals surface area contributed by atoms with E-state index in [1.54, 1.807) is 6.20 Å². The molecule has 3 rings (SSSR count). The Bertz CT molecular complexity index is 405. The van der Waals surface area contributed by atoms with Gasteiger partial charge in [-0.15, -0.1) is 0 Å². The first-order valence-electron chi connectivity index (χ1n) is 6.07. The Morgan fingerprint density at radius 2 is 2.25 bits per heavy atom. The zero-order valence-corrected chi connectivity index (χ0v) is 9.32. The predicted molar refractivity (Wildman–Crippen MR) is 58.3 cm³/mol. The molecule has 4 heteroatoms. The molecule has 1 aliphatic heterocycles.